The van der Waals surface area contributed by atoms with Crippen molar-refractivity contribution in [2.45, 2.75) is 18.9 Å². The van der Waals surface area contributed by atoms with Gasteiger partial charge in [0.25, 0.3) is 0 Å². The number of phenols is 1. The molecule has 0 aliphatic carbocycles. The van der Waals surface area contributed by atoms with E-state index in [2.05, 4.69) is 16.8 Å². The average molecular weight is 276 g/mol. The van der Waals surface area contributed by atoms with Crippen molar-refractivity contribution in [1.82, 2.24) is 10.2 Å². The van der Waals surface area contributed by atoms with E-state index in [-0.39, 0.29) is 5.75 Å². The van der Waals surface area contributed by atoms with Crippen LogP contribution in [0, 0.1) is 0 Å². The molecule has 2 N–H and O–H groups in total. The maximum atomic E-state index is 9.99. The smallest absolute Gasteiger partial charge is 0.160 e. The second kappa shape index (κ2) is 7.31. The number of nitrogens with one attached hydrogen (secondary N) is 1. The van der Waals surface area contributed by atoms with Gasteiger partial charge in [0.2, 0.25) is 0 Å². The Morgan fingerprint density at radius 3 is 2.80 bits per heavy atom. The van der Waals surface area contributed by atoms with E-state index in [1.807, 2.05) is 24.3 Å². The number of hydrogen-bond acceptors (Lipinski definition) is 4. The molecule has 1 aromatic carbocycles. The van der Waals surface area contributed by atoms with Gasteiger partial charge in [-0.05, 0) is 30.5 Å². The van der Waals surface area contributed by atoms with E-state index in [1.165, 1.54) is 0 Å². The van der Waals surface area contributed by atoms with Gasteiger partial charge in [0.1, 0.15) is 0 Å². The molecular formula is C16H24N2O2. The van der Waals surface area contributed by atoms with Gasteiger partial charge in [-0.3, -0.25) is 4.90 Å². The number of ether oxygens (including phenoxy) is 1. The van der Waals surface area contributed by atoms with Crippen molar-refractivity contribution in [3.05, 3.63) is 36.4 Å². The monoisotopic (exact) mass is 276 g/mol. The largest absolute Gasteiger partial charge is 0.504 e. The Labute approximate surface area is 121 Å². The second-order valence-corrected chi connectivity index (χ2v) is 5.10. The number of phenolic OH excluding ortho intramolecular Hbond substituents is 1. The summed E-state index contributed by atoms with van der Waals surface area (Å²) in [6.07, 6.45) is 3.95. The van der Waals surface area contributed by atoms with Crippen molar-refractivity contribution < 1.29 is 9.84 Å². The lowest BCUT2D eigenvalue weighted by atomic mass is 9.99. The predicted molar refractivity (Wildman–Crippen MR) is 81.3 cm³/mol. The minimum absolute atomic E-state index is 0.212. The number of allylic oxidation sites excluding steroid dienone is 1. The summed E-state index contributed by atoms with van der Waals surface area (Å²) >= 11 is 0. The molecule has 4 heteroatoms. The van der Waals surface area contributed by atoms with E-state index in [0.29, 0.717) is 11.8 Å². The van der Waals surface area contributed by atoms with E-state index in [0.717, 1.165) is 44.6 Å². The summed E-state index contributed by atoms with van der Waals surface area (Å²) < 4.78 is 5.12. The first-order chi connectivity index (χ1) is 9.76. The van der Waals surface area contributed by atoms with Crippen LogP contribution in [-0.2, 0) is 0 Å². The Morgan fingerprint density at radius 1 is 1.45 bits per heavy atom. The predicted octanol–water partition coefficient (Wildman–Crippen LogP) is 2.31. The van der Waals surface area contributed by atoms with Gasteiger partial charge in [0.05, 0.1) is 7.11 Å². The zero-order valence-electron chi connectivity index (χ0n) is 12.1. The van der Waals surface area contributed by atoms with Gasteiger partial charge in [-0.15, -0.1) is 6.58 Å². The molecule has 0 unspecified atom stereocenters. The van der Waals surface area contributed by atoms with Crippen LogP contribution < -0.4 is 10.1 Å². The topological polar surface area (TPSA) is 44.7 Å². The Morgan fingerprint density at radius 2 is 2.20 bits per heavy atom. The lowest BCUT2D eigenvalue weighted by Gasteiger charge is -2.35. The molecule has 0 bridgehead atoms. The lowest BCUT2D eigenvalue weighted by molar-refractivity contribution is 0.166. The second-order valence-electron chi connectivity index (χ2n) is 5.10. The molecule has 0 spiro atoms. The molecule has 1 atom stereocenters. The van der Waals surface area contributed by atoms with Crippen LogP contribution in [0.2, 0.25) is 0 Å². The minimum atomic E-state index is 0.212. The van der Waals surface area contributed by atoms with Crippen molar-refractivity contribution in [2.24, 2.45) is 0 Å². The van der Waals surface area contributed by atoms with E-state index >= 15 is 0 Å². The van der Waals surface area contributed by atoms with Gasteiger partial charge in [0.15, 0.2) is 11.5 Å². The number of nitrogens with zero attached hydrogens (tertiary/aromatic N) is 1. The zero-order chi connectivity index (χ0) is 14.4. The molecule has 1 aliphatic rings. The molecule has 1 heterocycles. The standard InChI is InChI=1S/C16H24N2O2/c1-3-4-5-14(18-10-8-17-9-11-18)13-6-7-16(20-2)15(19)12-13/h3,6-7,12,14,17,19H,1,4-5,8-11H2,2H3/t14-/m0/s1. The van der Waals surface area contributed by atoms with Gasteiger partial charge in [-0.2, -0.15) is 0 Å². The highest BCUT2D eigenvalue weighted by Crippen LogP contribution is 2.33. The maximum Gasteiger partial charge on any atom is 0.160 e. The van der Waals surface area contributed by atoms with Crippen LogP contribution in [0.1, 0.15) is 24.4 Å². The fourth-order valence-corrected chi connectivity index (χ4v) is 2.74. The lowest BCUT2D eigenvalue weighted by Crippen LogP contribution is -2.45. The third kappa shape index (κ3) is 3.52. The molecule has 4 nitrogen and oxygen atoms in total. The third-order valence-electron chi connectivity index (χ3n) is 3.82. The quantitative estimate of drug-likeness (QED) is 0.783. The van der Waals surface area contributed by atoms with Crippen molar-refractivity contribution in [1.29, 1.82) is 0 Å². The zero-order valence-corrected chi connectivity index (χ0v) is 12.1. The van der Waals surface area contributed by atoms with Crippen LogP contribution in [0.4, 0.5) is 0 Å². The average Bonchev–Trinajstić information content (AvgIpc) is 2.49. The van der Waals surface area contributed by atoms with Gasteiger partial charge >= 0.3 is 0 Å². The molecular weight excluding hydrogens is 252 g/mol. The first-order valence-electron chi connectivity index (χ1n) is 7.19. The minimum Gasteiger partial charge on any atom is -0.504 e. The fourth-order valence-electron chi connectivity index (χ4n) is 2.74. The molecule has 0 saturated carbocycles. The number of piperazine rings is 1. The van der Waals surface area contributed by atoms with Crippen molar-refractivity contribution in [3.8, 4) is 11.5 Å². The number of benzene rings is 1. The van der Waals surface area contributed by atoms with E-state index in [9.17, 15) is 5.11 Å². The summed E-state index contributed by atoms with van der Waals surface area (Å²) in [5, 5.41) is 13.4. The Hall–Kier alpha value is -1.52. The van der Waals surface area contributed by atoms with Crippen LogP contribution in [0.3, 0.4) is 0 Å². The number of rotatable bonds is 6. The molecule has 1 aromatic rings. The molecule has 2 rings (SSSR count). The van der Waals surface area contributed by atoms with Gasteiger partial charge in [-0.25, -0.2) is 0 Å². The summed E-state index contributed by atoms with van der Waals surface area (Å²) in [4.78, 5) is 2.47. The van der Waals surface area contributed by atoms with Crippen LogP contribution >= 0.6 is 0 Å². The summed E-state index contributed by atoms with van der Waals surface area (Å²) in [6, 6.07) is 6.04. The first-order valence-corrected chi connectivity index (χ1v) is 7.19. The van der Waals surface area contributed by atoms with Gasteiger partial charge < -0.3 is 15.2 Å². The van der Waals surface area contributed by atoms with Crippen molar-refractivity contribution in [3.63, 3.8) is 0 Å². The molecule has 1 aliphatic heterocycles. The third-order valence-corrected chi connectivity index (χ3v) is 3.82. The summed E-state index contributed by atoms with van der Waals surface area (Å²) in [5.74, 6) is 0.736. The number of hydrogen-bond donors (Lipinski definition) is 2. The SMILES string of the molecule is C=CCC[C@@H](c1ccc(OC)c(O)c1)N1CCNCC1. The highest BCUT2D eigenvalue weighted by Gasteiger charge is 2.22. The molecule has 20 heavy (non-hydrogen) atoms. The summed E-state index contributed by atoms with van der Waals surface area (Å²) in [6.45, 7) is 7.93. The molecule has 1 fully saturated rings. The Bertz CT molecular complexity index is 442. The van der Waals surface area contributed by atoms with E-state index in [4.69, 9.17) is 4.74 Å². The van der Waals surface area contributed by atoms with Crippen LogP contribution in [0.15, 0.2) is 30.9 Å². The molecule has 0 amide bonds. The summed E-state index contributed by atoms with van der Waals surface area (Å²) in [5.41, 5.74) is 1.15. The highest BCUT2D eigenvalue weighted by molar-refractivity contribution is 5.42. The number of methoxy groups -OCH3 is 1. The molecule has 110 valence electrons. The summed E-state index contributed by atoms with van der Waals surface area (Å²) in [7, 11) is 1.57. The Balaban J connectivity index is 2.20. The van der Waals surface area contributed by atoms with Gasteiger partial charge in [0, 0.05) is 32.2 Å². The normalized spacial score (nSPS) is 17.6. The van der Waals surface area contributed by atoms with Crippen LogP contribution in [0.5, 0.6) is 11.5 Å². The van der Waals surface area contributed by atoms with Crippen LogP contribution in [-0.4, -0.2) is 43.3 Å². The fraction of sp³-hybridized carbons (Fsp3) is 0.500. The van der Waals surface area contributed by atoms with Crippen molar-refractivity contribution in [2.75, 3.05) is 33.3 Å². The first kappa shape index (κ1) is 14.9. The van der Waals surface area contributed by atoms with E-state index in [1.54, 1.807) is 7.11 Å². The van der Waals surface area contributed by atoms with Gasteiger partial charge in [-0.1, -0.05) is 12.1 Å². The highest BCUT2D eigenvalue weighted by atomic mass is 16.5. The molecule has 1 saturated heterocycles. The maximum absolute atomic E-state index is 9.99. The number of aromatic hydroxyl groups is 1. The van der Waals surface area contributed by atoms with E-state index < -0.39 is 0 Å². The Kier molecular flexibility index (Phi) is 5.44. The molecule has 0 radical (unpaired) electrons. The van der Waals surface area contributed by atoms with Crippen LogP contribution in [0.25, 0.3) is 0 Å². The molecule has 0 aromatic heterocycles. The van der Waals surface area contributed by atoms with Crippen molar-refractivity contribution >= 4 is 0 Å².